The molecule has 1 fully saturated rings. The standard InChI is InChI=1S/C7H10N2O2S/c1-11-7(8)5(10)9-3-2-4-12-6(7)9/h2-3,6H,4,8H2,1H3/t6?,7-/m1/s1. The third kappa shape index (κ3) is 0.784. The minimum atomic E-state index is -1.09. The Morgan fingerprint density at radius 2 is 2.67 bits per heavy atom. The smallest absolute Gasteiger partial charge is 0.278 e. The quantitative estimate of drug-likeness (QED) is 0.452. The lowest BCUT2D eigenvalue weighted by Crippen LogP contribution is -2.77. The molecule has 1 amide bonds. The van der Waals surface area contributed by atoms with E-state index in [1.165, 1.54) is 7.11 Å². The van der Waals surface area contributed by atoms with Gasteiger partial charge >= 0.3 is 0 Å². The number of β-lactam (4-membered cyclic amide) rings is 1. The Bertz CT molecular complexity index is 256. The van der Waals surface area contributed by atoms with Crippen molar-refractivity contribution < 1.29 is 9.53 Å². The van der Waals surface area contributed by atoms with E-state index in [1.807, 2.05) is 6.08 Å². The fourth-order valence-electron chi connectivity index (χ4n) is 1.40. The SMILES string of the molecule is CO[C@]1(N)C(=O)N2C=CCSC21. The third-order valence-corrected chi connectivity index (χ3v) is 3.42. The van der Waals surface area contributed by atoms with Gasteiger partial charge < -0.3 is 4.74 Å². The molecular weight excluding hydrogens is 176 g/mol. The van der Waals surface area contributed by atoms with E-state index in [9.17, 15) is 4.79 Å². The molecule has 66 valence electrons. The maximum absolute atomic E-state index is 11.4. The van der Waals surface area contributed by atoms with Crippen molar-refractivity contribution in [3.05, 3.63) is 12.3 Å². The predicted molar refractivity (Wildman–Crippen MR) is 46.2 cm³/mol. The molecule has 2 aliphatic rings. The molecule has 2 atom stereocenters. The summed E-state index contributed by atoms with van der Waals surface area (Å²) in [7, 11) is 1.47. The molecule has 2 heterocycles. The van der Waals surface area contributed by atoms with Gasteiger partial charge in [-0.05, 0) is 0 Å². The van der Waals surface area contributed by atoms with Gasteiger partial charge in [-0.15, -0.1) is 11.8 Å². The summed E-state index contributed by atoms with van der Waals surface area (Å²) < 4.78 is 4.99. The summed E-state index contributed by atoms with van der Waals surface area (Å²) in [6, 6.07) is 0. The number of fused-ring (bicyclic) bond motifs is 1. The highest BCUT2D eigenvalue weighted by molar-refractivity contribution is 8.00. The normalized spacial score (nSPS) is 39.3. The number of methoxy groups -OCH3 is 1. The van der Waals surface area contributed by atoms with Crippen LogP contribution in [0.2, 0.25) is 0 Å². The van der Waals surface area contributed by atoms with Gasteiger partial charge in [-0.2, -0.15) is 0 Å². The van der Waals surface area contributed by atoms with Gasteiger partial charge in [0.1, 0.15) is 5.37 Å². The van der Waals surface area contributed by atoms with Crippen molar-refractivity contribution in [1.29, 1.82) is 0 Å². The number of carbonyl (C=O) groups is 1. The molecule has 0 spiro atoms. The monoisotopic (exact) mass is 186 g/mol. The van der Waals surface area contributed by atoms with Gasteiger partial charge in [-0.3, -0.25) is 15.4 Å². The summed E-state index contributed by atoms with van der Waals surface area (Å²) in [5, 5.41) is -0.0417. The fourth-order valence-corrected chi connectivity index (χ4v) is 2.55. The van der Waals surface area contributed by atoms with E-state index in [4.69, 9.17) is 10.5 Å². The van der Waals surface area contributed by atoms with Crippen LogP contribution in [0.3, 0.4) is 0 Å². The molecule has 4 nitrogen and oxygen atoms in total. The highest BCUT2D eigenvalue weighted by Crippen LogP contribution is 2.39. The van der Waals surface area contributed by atoms with Gasteiger partial charge in [-0.1, -0.05) is 6.08 Å². The van der Waals surface area contributed by atoms with Crippen LogP contribution in [0, 0.1) is 0 Å². The number of nitrogens with zero attached hydrogens (tertiary/aromatic N) is 1. The van der Waals surface area contributed by atoms with Gasteiger partial charge in [-0.25, -0.2) is 0 Å². The highest BCUT2D eigenvalue weighted by atomic mass is 32.2. The first-order chi connectivity index (χ1) is 5.70. The van der Waals surface area contributed by atoms with Crippen LogP contribution < -0.4 is 5.73 Å². The van der Waals surface area contributed by atoms with Crippen molar-refractivity contribution in [2.24, 2.45) is 5.73 Å². The Hall–Kier alpha value is -0.520. The van der Waals surface area contributed by atoms with Crippen molar-refractivity contribution in [1.82, 2.24) is 4.90 Å². The molecule has 0 aromatic heterocycles. The van der Waals surface area contributed by atoms with Crippen LogP contribution in [0.4, 0.5) is 0 Å². The average Bonchev–Trinajstić information content (AvgIpc) is 2.16. The van der Waals surface area contributed by atoms with Crippen molar-refractivity contribution >= 4 is 17.7 Å². The summed E-state index contributed by atoms with van der Waals surface area (Å²) in [5.74, 6) is 0.731. The highest BCUT2D eigenvalue weighted by Gasteiger charge is 2.59. The summed E-state index contributed by atoms with van der Waals surface area (Å²) in [4.78, 5) is 13.0. The number of nitrogens with two attached hydrogens (primary N) is 1. The summed E-state index contributed by atoms with van der Waals surface area (Å²) in [6.07, 6.45) is 3.71. The molecule has 0 radical (unpaired) electrons. The minimum Gasteiger partial charge on any atom is -0.353 e. The predicted octanol–water partition coefficient (Wildman–Crippen LogP) is -0.283. The van der Waals surface area contributed by atoms with Crippen LogP contribution >= 0.6 is 11.8 Å². The third-order valence-electron chi connectivity index (χ3n) is 2.14. The number of carbonyl (C=O) groups excluding carboxylic acids is 1. The second-order valence-corrected chi connectivity index (χ2v) is 3.89. The largest absolute Gasteiger partial charge is 0.353 e. The zero-order chi connectivity index (χ0) is 8.77. The van der Waals surface area contributed by atoms with Crippen molar-refractivity contribution in [2.45, 2.75) is 11.1 Å². The molecule has 5 heteroatoms. The van der Waals surface area contributed by atoms with E-state index in [2.05, 4.69) is 0 Å². The number of ether oxygens (including phenoxy) is 1. The molecule has 0 bridgehead atoms. The molecule has 1 unspecified atom stereocenters. The Morgan fingerprint density at radius 3 is 3.33 bits per heavy atom. The van der Waals surface area contributed by atoms with Crippen molar-refractivity contribution in [3.63, 3.8) is 0 Å². The zero-order valence-corrected chi connectivity index (χ0v) is 7.50. The second kappa shape index (κ2) is 2.48. The minimum absolute atomic E-state index is 0.0417. The van der Waals surface area contributed by atoms with Crippen LogP contribution in [0.25, 0.3) is 0 Å². The molecule has 0 aromatic rings. The lowest BCUT2D eigenvalue weighted by Gasteiger charge is -2.51. The van der Waals surface area contributed by atoms with Crippen molar-refractivity contribution in [3.8, 4) is 0 Å². The van der Waals surface area contributed by atoms with E-state index in [0.717, 1.165) is 5.75 Å². The molecule has 12 heavy (non-hydrogen) atoms. The molecule has 2 rings (SSSR count). The Labute approximate surface area is 74.7 Å². The summed E-state index contributed by atoms with van der Waals surface area (Å²) in [6.45, 7) is 0. The maximum Gasteiger partial charge on any atom is 0.278 e. The second-order valence-electron chi connectivity index (χ2n) is 2.78. The topological polar surface area (TPSA) is 55.6 Å². The number of amides is 1. The van der Waals surface area contributed by atoms with Crippen LogP contribution in [-0.4, -0.2) is 34.8 Å². The Balaban J connectivity index is 2.24. The number of hydrogen-bond acceptors (Lipinski definition) is 4. The lowest BCUT2D eigenvalue weighted by molar-refractivity contribution is -0.178. The molecule has 0 aliphatic carbocycles. The maximum atomic E-state index is 11.4. The first kappa shape index (κ1) is 8.10. The summed E-state index contributed by atoms with van der Waals surface area (Å²) in [5.41, 5.74) is 4.64. The Kier molecular flexibility index (Phi) is 1.67. The van der Waals surface area contributed by atoms with E-state index >= 15 is 0 Å². The first-order valence-corrected chi connectivity index (χ1v) is 4.70. The average molecular weight is 186 g/mol. The van der Waals surface area contributed by atoms with Gasteiger partial charge in [0.15, 0.2) is 0 Å². The molecule has 2 N–H and O–H groups in total. The fraction of sp³-hybridized carbons (Fsp3) is 0.571. The zero-order valence-electron chi connectivity index (χ0n) is 6.69. The van der Waals surface area contributed by atoms with E-state index in [1.54, 1.807) is 22.9 Å². The van der Waals surface area contributed by atoms with Crippen LogP contribution in [0.5, 0.6) is 0 Å². The lowest BCUT2D eigenvalue weighted by atomic mass is 10.0. The summed E-state index contributed by atoms with van der Waals surface area (Å²) >= 11 is 1.62. The molecule has 0 saturated carbocycles. The Morgan fingerprint density at radius 1 is 1.92 bits per heavy atom. The van der Waals surface area contributed by atoms with Crippen molar-refractivity contribution in [2.75, 3.05) is 12.9 Å². The van der Waals surface area contributed by atoms with Gasteiger partial charge in [0, 0.05) is 19.1 Å². The van der Waals surface area contributed by atoms with Gasteiger partial charge in [0.2, 0.25) is 5.72 Å². The van der Waals surface area contributed by atoms with Crippen LogP contribution in [-0.2, 0) is 9.53 Å². The molecular formula is C7H10N2O2S. The molecule has 1 saturated heterocycles. The molecule has 2 aliphatic heterocycles. The van der Waals surface area contributed by atoms with Crippen LogP contribution in [0.15, 0.2) is 12.3 Å². The van der Waals surface area contributed by atoms with Gasteiger partial charge in [0.25, 0.3) is 5.91 Å². The number of hydrogen-bond donors (Lipinski definition) is 1. The first-order valence-electron chi connectivity index (χ1n) is 3.65. The number of thioether (sulfide) groups is 1. The van der Waals surface area contributed by atoms with E-state index < -0.39 is 5.72 Å². The van der Waals surface area contributed by atoms with E-state index in [0.29, 0.717) is 0 Å². The van der Waals surface area contributed by atoms with Crippen LogP contribution in [0.1, 0.15) is 0 Å². The van der Waals surface area contributed by atoms with E-state index in [-0.39, 0.29) is 11.3 Å². The molecule has 0 aromatic carbocycles. The van der Waals surface area contributed by atoms with Gasteiger partial charge in [0.05, 0.1) is 0 Å². The number of rotatable bonds is 1.